The largest absolute Gasteiger partial charge is 0.347 e. The van der Waals surface area contributed by atoms with Crippen LogP contribution in [0.1, 0.15) is 20.9 Å². The Bertz CT molecular complexity index is 701. The predicted octanol–water partition coefficient (Wildman–Crippen LogP) is 2.83. The second-order valence-corrected chi connectivity index (χ2v) is 6.15. The van der Waals surface area contributed by atoms with Crippen LogP contribution >= 0.6 is 22.7 Å². The van der Waals surface area contributed by atoms with Crippen LogP contribution in [0.4, 0.5) is 0 Å². The topological polar surface area (TPSA) is 70.7 Å². The number of rotatable bonds is 4. The number of aromatic nitrogens is 3. The molecule has 0 aliphatic carbocycles. The van der Waals surface area contributed by atoms with Gasteiger partial charge in [0.1, 0.15) is 9.88 Å². The van der Waals surface area contributed by atoms with Crippen LogP contribution in [0.2, 0.25) is 0 Å². The summed E-state index contributed by atoms with van der Waals surface area (Å²) in [4.78, 5) is 18.4. The van der Waals surface area contributed by atoms with Crippen LogP contribution in [0.3, 0.4) is 0 Å². The average Bonchev–Trinajstić information content (AvgIpc) is 3.17. The number of carbonyl (C=O) groups is 1. The van der Waals surface area contributed by atoms with Crippen LogP contribution in [-0.4, -0.2) is 21.1 Å². The molecule has 0 aromatic carbocycles. The van der Waals surface area contributed by atoms with Crippen LogP contribution in [0, 0.1) is 6.92 Å². The van der Waals surface area contributed by atoms with Gasteiger partial charge in [-0.15, -0.1) is 22.7 Å². The van der Waals surface area contributed by atoms with Gasteiger partial charge in [-0.1, -0.05) is 6.07 Å². The first-order valence-corrected chi connectivity index (χ1v) is 7.71. The Hall–Kier alpha value is -1.99. The molecule has 0 fully saturated rings. The van der Waals surface area contributed by atoms with E-state index in [0.717, 1.165) is 21.1 Å². The molecule has 3 heterocycles. The van der Waals surface area contributed by atoms with Crippen molar-refractivity contribution in [2.45, 2.75) is 13.5 Å². The average molecular weight is 304 g/mol. The zero-order valence-corrected chi connectivity index (χ0v) is 12.3. The minimum absolute atomic E-state index is 0.0935. The Morgan fingerprint density at radius 2 is 2.40 bits per heavy atom. The summed E-state index contributed by atoms with van der Waals surface area (Å²) in [6.45, 7) is 2.32. The van der Waals surface area contributed by atoms with E-state index < -0.39 is 0 Å². The van der Waals surface area contributed by atoms with Crippen molar-refractivity contribution in [1.29, 1.82) is 0 Å². The first-order valence-electron chi connectivity index (χ1n) is 6.01. The first kappa shape index (κ1) is 13.0. The fourth-order valence-electron chi connectivity index (χ4n) is 1.75. The molecule has 0 saturated heterocycles. The van der Waals surface area contributed by atoms with Gasteiger partial charge in [-0.25, -0.2) is 4.98 Å². The van der Waals surface area contributed by atoms with Gasteiger partial charge in [0.15, 0.2) is 0 Å². The van der Waals surface area contributed by atoms with Gasteiger partial charge in [0, 0.05) is 18.3 Å². The second-order valence-electron chi connectivity index (χ2n) is 4.20. The van der Waals surface area contributed by atoms with Crippen molar-refractivity contribution in [3.05, 3.63) is 46.0 Å². The van der Waals surface area contributed by atoms with Crippen LogP contribution in [-0.2, 0) is 6.54 Å². The molecular weight excluding hydrogens is 292 g/mol. The zero-order chi connectivity index (χ0) is 13.9. The highest BCUT2D eigenvalue weighted by atomic mass is 32.1. The molecule has 5 nitrogen and oxygen atoms in total. The summed E-state index contributed by atoms with van der Waals surface area (Å²) in [7, 11) is 0. The van der Waals surface area contributed by atoms with Gasteiger partial charge >= 0.3 is 0 Å². The molecular formula is C13H12N4OS2. The summed E-state index contributed by atoms with van der Waals surface area (Å²) >= 11 is 3.05. The van der Waals surface area contributed by atoms with E-state index >= 15 is 0 Å². The third-order valence-electron chi connectivity index (χ3n) is 2.74. The van der Waals surface area contributed by atoms with E-state index in [4.69, 9.17) is 0 Å². The Kier molecular flexibility index (Phi) is 3.62. The molecule has 0 unspecified atom stereocenters. The standard InChI is InChI=1S/C13H12N4OS2/c1-8-11(12(18)14-5-9-6-15-16-7-9)20-13(17-8)10-3-2-4-19-10/h2-4,6-7H,5H2,1H3,(H,14,18)(H,15,16). The number of nitrogens with zero attached hydrogens (tertiary/aromatic N) is 2. The highest BCUT2D eigenvalue weighted by Gasteiger charge is 2.16. The smallest absolute Gasteiger partial charge is 0.263 e. The molecule has 3 aromatic rings. The van der Waals surface area contributed by atoms with E-state index in [1.165, 1.54) is 11.3 Å². The lowest BCUT2D eigenvalue weighted by molar-refractivity contribution is 0.0954. The summed E-state index contributed by atoms with van der Waals surface area (Å²) in [5.41, 5.74) is 1.71. The number of hydrogen-bond acceptors (Lipinski definition) is 5. The van der Waals surface area contributed by atoms with Crippen molar-refractivity contribution < 1.29 is 4.79 Å². The predicted molar refractivity (Wildman–Crippen MR) is 79.9 cm³/mol. The number of H-pyrrole nitrogens is 1. The molecule has 3 aromatic heterocycles. The molecule has 2 N–H and O–H groups in total. The van der Waals surface area contributed by atoms with E-state index in [1.54, 1.807) is 23.7 Å². The maximum absolute atomic E-state index is 12.2. The third kappa shape index (κ3) is 2.63. The molecule has 1 amide bonds. The lowest BCUT2D eigenvalue weighted by Gasteiger charge is -2.01. The summed E-state index contributed by atoms with van der Waals surface area (Å²) in [6.07, 6.45) is 3.45. The van der Waals surface area contributed by atoms with Crippen molar-refractivity contribution in [2.75, 3.05) is 0 Å². The molecule has 7 heteroatoms. The third-order valence-corrected chi connectivity index (χ3v) is 4.94. The van der Waals surface area contributed by atoms with Gasteiger partial charge in [0.2, 0.25) is 0 Å². The normalized spacial score (nSPS) is 10.7. The number of thiophene rings is 1. The van der Waals surface area contributed by atoms with Gasteiger partial charge in [0.05, 0.1) is 16.8 Å². The highest BCUT2D eigenvalue weighted by Crippen LogP contribution is 2.30. The van der Waals surface area contributed by atoms with Gasteiger partial charge in [-0.3, -0.25) is 9.89 Å². The van der Waals surface area contributed by atoms with Gasteiger partial charge in [-0.2, -0.15) is 5.10 Å². The minimum atomic E-state index is -0.0935. The molecule has 0 aliphatic heterocycles. The van der Waals surface area contributed by atoms with Gasteiger partial charge < -0.3 is 5.32 Å². The number of aromatic amines is 1. The number of thiazole rings is 1. The Morgan fingerprint density at radius 3 is 3.10 bits per heavy atom. The SMILES string of the molecule is Cc1nc(-c2cccs2)sc1C(=O)NCc1cn[nH]c1. The number of aryl methyl sites for hydroxylation is 1. The van der Waals surface area contributed by atoms with Crippen molar-refractivity contribution >= 4 is 28.6 Å². The maximum Gasteiger partial charge on any atom is 0.263 e. The second kappa shape index (κ2) is 5.56. The summed E-state index contributed by atoms with van der Waals surface area (Å²) in [5.74, 6) is -0.0935. The summed E-state index contributed by atoms with van der Waals surface area (Å²) in [5, 5.41) is 12.3. The van der Waals surface area contributed by atoms with Crippen LogP contribution < -0.4 is 5.32 Å². The van der Waals surface area contributed by atoms with Gasteiger partial charge in [-0.05, 0) is 18.4 Å². The monoisotopic (exact) mass is 304 g/mol. The summed E-state index contributed by atoms with van der Waals surface area (Å²) < 4.78 is 0. The first-order chi connectivity index (χ1) is 9.74. The molecule has 0 spiro atoms. The Morgan fingerprint density at radius 1 is 1.50 bits per heavy atom. The number of carbonyl (C=O) groups excluding carboxylic acids is 1. The minimum Gasteiger partial charge on any atom is -0.347 e. The van der Waals surface area contributed by atoms with E-state index in [0.29, 0.717) is 11.4 Å². The highest BCUT2D eigenvalue weighted by molar-refractivity contribution is 7.22. The van der Waals surface area contributed by atoms with Crippen molar-refractivity contribution in [3.63, 3.8) is 0 Å². The lowest BCUT2D eigenvalue weighted by Crippen LogP contribution is -2.22. The van der Waals surface area contributed by atoms with Crippen LogP contribution in [0.15, 0.2) is 29.9 Å². The maximum atomic E-state index is 12.2. The Balaban J connectivity index is 1.75. The lowest BCUT2D eigenvalue weighted by atomic mass is 10.3. The van der Waals surface area contributed by atoms with Crippen LogP contribution in [0.5, 0.6) is 0 Å². The van der Waals surface area contributed by atoms with E-state index in [1.807, 2.05) is 24.4 Å². The van der Waals surface area contributed by atoms with E-state index in [-0.39, 0.29) is 5.91 Å². The Labute approximate surface area is 123 Å². The molecule has 102 valence electrons. The molecule has 0 radical (unpaired) electrons. The van der Waals surface area contributed by atoms with E-state index in [2.05, 4.69) is 20.5 Å². The molecule has 3 rings (SSSR count). The van der Waals surface area contributed by atoms with Crippen molar-refractivity contribution in [3.8, 4) is 9.88 Å². The quantitative estimate of drug-likeness (QED) is 0.778. The number of amides is 1. The fraction of sp³-hybridized carbons (Fsp3) is 0.154. The zero-order valence-electron chi connectivity index (χ0n) is 10.7. The van der Waals surface area contributed by atoms with Gasteiger partial charge in [0.25, 0.3) is 5.91 Å². The molecule has 0 aliphatic rings. The van der Waals surface area contributed by atoms with Crippen molar-refractivity contribution in [1.82, 2.24) is 20.5 Å². The van der Waals surface area contributed by atoms with Crippen molar-refractivity contribution in [2.24, 2.45) is 0 Å². The summed E-state index contributed by atoms with van der Waals surface area (Å²) in [6, 6.07) is 3.99. The van der Waals surface area contributed by atoms with Crippen LogP contribution in [0.25, 0.3) is 9.88 Å². The number of hydrogen-bond donors (Lipinski definition) is 2. The molecule has 0 bridgehead atoms. The molecule has 0 saturated carbocycles. The molecule has 0 atom stereocenters. The number of nitrogens with one attached hydrogen (secondary N) is 2. The fourth-order valence-corrected chi connectivity index (χ4v) is 3.53. The molecule has 20 heavy (non-hydrogen) atoms. The van der Waals surface area contributed by atoms with E-state index in [9.17, 15) is 4.79 Å².